The molecule has 3 unspecified atom stereocenters. The third-order valence-electron chi connectivity index (χ3n) is 5.70. The van der Waals surface area contributed by atoms with Crippen LogP contribution in [-0.4, -0.2) is 24.5 Å². The molecule has 2 aliphatic carbocycles. The summed E-state index contributed by atoms with van der Waals surface area (Å²) in [5.41, 5.74) is -0.628. The summed E-state index contributed by atoms with van der Waals surface area (Å²) in [5, 5.41) is 0. The highest BCUT2D eigenvalue weighted by Crippen LogP contribution is 2.51. The molecule has 112 valence electrons. The summed E-state index contributed by atoms with van der Waals surface area (Å²) in [6, 6.07) is 0. The van der Waals surface area contributed by atoms with Crippen LogP contribution >= 0.6 is 0 Å². The second-order valence-electron chi connectivity index (χ2n) is 7.36. The number of hydrogen-bond acceptors (Lipinski definition) is 2. The molecule has 1 saturated heterocycles. The summed E-state index contributed by atoms with van der Waals surface area (Å²) in [5.74, 6) is 0.0877. The molecule has 0 N–H and O–H groups in total. The van der Waals surface area contributed by atoms with Gasteiger partial charge in [-0.15, -0.1) is 0 Å². The Balaban J connectivity index is 1.83. The fraction of sp³-hybridized carbons (Fsp3) is 0.867. The lowest BCUT2D eigenvalue weighted by Crippen LogP contribution is -2.41. The zero-order valence-electron chi connectivity index (χ0n) is 12.7. The molecule has 5 heteroatoms. The summed E-state index contributed by atoms with van der Waals surface area (Å²) >= 11 is 0. The van der Waals surface area contributed by atoms with Crippen LogP contribution in [0.25, 0.3) is 0 Å². The fourth-order valence-corrected chi connectivity index (χ4v) is 3.48. The van der Waals surface area contributed by atoms with E-state index in [-0.39, 0.29) is 17.6 Å². The molecule has 1 aliphatic heterocycles. The summed E-state index contributed by atoms with van der Waals surface area (Å²) in [6.45, 7) is 7.65. The third kappa shape index (κ3) is 2.05. The van der Waals surface area contributed by atoms with Crippen LogP contribution in [0.3, 0.4) is 0 Å². The molecule has 0 aromatic rings. The van der Waals surface area contributed by atoms with Crippen molar-refractivity contribution in [2.45, 2.75) is 70.8 Å². The number of rotatable bonds is 1. The molecule has 0 radical (unpaired) electrons. The first kappa shape index (κ1) is 14.5. The Bertz CT molecular complexity index is 431. The molecular weight excluding hydrogens is 261 g/mol. The number of allylic oxidation sites excluding steroid dienone is 1. The van der Waals surface area contributed by atoms with Gasteiger partial charge in [0.15, 0.2) is 0 Å². The molecule has 20 heavy (non-hydrogen) atoms. The maximum Gasteiger partial charge on any atom is 0.525 e. The Kier molecular flexibility index (Phi) is 3.29. The van der Waals surface area contributed by atoms with Gasteiger partial charge >= 0.3 is 7.12 Å². The van der Waals surface area contributed by atoms with Crippen LogP contribution in [-0.2, 0) is 9.31 Å². The minimum atomic E-state index is -0.924. The number of fused-ring (bicyclic) bond motifs is 1. The van der Waals surface area contributed by atoms with Crippen molar-refractivity contribution in [3.63, 3.8) is 0 Å². The molecule has 3 atom stereocenters. The SMILES string of the molecule is CC1(C)OB(C(F)=C2CCC(F)C3CCC23)OC1(C)C. The van der Waals surface area contributed by atoms with Crippen LogP contribution in [0, 0.1) is 11.8 Å². The van der Waals surface area contributed by atoms with E-state index in [4.69, 9.17) is 9.31 Å². The van der Waals surface area contributed by atoms with Gasteiger partial charge in [-0.25, -0.2) is 8.78 Å². The van der Waals surface area contributed by atoms with Crippen LogP contribution in [0.1, 0.15) is 53.4 Å². The number of halogens is 2. The first-order valence-corrected chi connectivity index (χ1v) is 7.61. The molecule has 2 saturated carbocycles. The lowest BCUT2D eigenvalue weighted by atomic mass is 9.60. The van der Waals surface area contributed by atoms with Gasteiger partial charge in [-0.2, -0.15) is 0 Å². The van der Waals surface area contributed by atoms with Gasteiger partial charge < -0.3 is 9.31 Å². The summed E-state index contributed by atoms with van der Waals surface area (Å²) < 4.78 is 40.0. The predicted octanol–water partition coefficient (Wildman–Crippen LogP) is 4.00. The minimum Gasteiger partial charge on any atom is -0.398 e. The van der Waals surface area contributed by atoms with Crippen molar-refractivity contribution in [3.05, 3.63) is 11.3 Å². The van der Waals surface area contributed by atoms with Crippen molar-refractivity contribution in [2.24, 2.45) is 11.8 Å². The van der Waals surface area contributed by atoms with Crippen LogP contribution in [0.15, 0.2) is 11.3 Å². The van der Waals surface area contributed by atoms with Crippen molar-refractivity contribution in [2.75, 3.05) is 0 Å². The van der Waals surface area contributed by atoms with Gasteiger partial charge in [0.2, 0.25) is 0 Å². The van der Waals surface area contributed by atoms with Crippen molar-refractivity contribution in [1.29, 1.82) is 0 Å². The molecule has 0 aromatic carbocycles. The molecule has 0 bridgehead atoms. The highest BCUT2D eigenvalue weighted by molar-refractivity contribution is 6.53. The molecule has 0 spiro atoms. The summed E-state index contributed by atoms with van der Waals surface area (Å²) in [7, 11) is -0.924. The van der Waals surface area contributed by atoms with Crippen LogP contribution < -0.4 is 0 Å². The Hall–Kier alpha value is -0.415. The zero-order chi connectivity index (χ0) is 14.7. The second kappa shape index (κ2) is 4.54. The maximum atomic E-state index is 14.8. The molecule has 1 heterocycles. The molecule has 3 aliphatic rings. The molecule has 0 aromatic heterocycles. The Morgan fingerprint density at radius 1 is 1.10 bits per heavy atom. The van der Waals surface area contributed by atoms with E-state index in [1.165, 1.54) is 0 Å². The quantitative estimate of drug-likeness (QED) is 0.678. The van der Waals surface area contributed by atoms with E-state index >= 15 is 0 Å². The van der Waals surface area contributed by atoms with Gasteiger partial charge in [0.25, 0.3) is 0 Å². The first-order chi connectivity index (χ1) is 9.23. The van der Waals surface area contributed by atoms with E-state index < -0.39 is 24.5 Å². The molecular formula is C15H23BF2O2. The standard InChI is InChI=1S/C15H23BF2O2/c1-14(2)15(3,4)20-16(19-14)13(18)11-7-8-12(17)10-6-5-9(10)11/h9-10,12H,5-8H2,1-4H3. The predicted molar refractivity (Wildman–Crippen MR) is 74.6 cm³/mol. The molecule has 3 rings (SSSR count). The average Bonchev–Trinajstić information content (AvgIpc) is 2.50. The van der Waals surface area contributed by atoms with Crippen molar-refractivity contribution < 1.29 is 18.1 Å². The topological polar surface area (TPSA) is 18.5 Å². The first-order valence-electron chi connectivity index (χ1n) is 7.61. The lowest BCUT2D eigenvalue weighted by Gasteiger charge is -2.44. The van der Waals surface area contributed by atoms with Crippen molar-refractivity contribution in [1.82, 2.24) is 0 Å². The summed E-state index contributed by atoms with van der Waals surface area (Å²) in [6.07, 6.45) is 1.95. The van der Waals surface area contributed by atoms with Gasteiger partial charge in [-0.1, -0.05) is 0 Å². The van der Waals surface area contributed by atoms with Gasteiger partial charge in [0.05, 0.1) is 11.2 Å². The number of alkyl halides is 1. The van der Waals surface area contributed by atoms with Crippen LogP contribution in [0.5, 0.6) is 0 Å². The largest absolute Gasteiger partial charge is 0.525 e. The highest BCUT2D eigenvalue weighted by atomic mass is 19.1. The Morgan fingerprint density at radius 2 is 1.70 bits per heavy atom. The highest BCUT2D eigenvalue weighted by Gasteiger charge is 2.55. The average molecular weight is 284 g/mol. The lowest BCUT2D eigenvalue weighted by molar-refractivity contribution is 0.00578. The van der Waals surface area contributed by atoms with E-state index in [1.807, 2.05) is 27.7 Å². The van der Waals surface area contributed by atoms with E-state index in [0.717, 1.165) is 18.4 Å². The third-order valence-corrected chi connectivity index (χ3v) is 5.70. The summed E-state index contributed by atoms with van der Waals surface area (Å²) in [4.78, 5) is 0. The zero-order valence-corrected chi connectivity index (χ0v) is 12.7. The molecule has 3 fully saturated rings. The minimum absolute atomic E-state index is 0.0203. The van der Waals surface area contributed by atoms with Gasteiger partial charge in [0.1, 0.15) is 11.9 Å². The Morgan fingerprint density at radius 3 is 2.20 bits per heavy atom. The van der Waals surface area contributed by atoms with E-state index in [9.17, 15) is 8.78 Å². The fourth-order valence-electron chi connectivity index (χ4n) is 3.48. The van der Waals surface area contributed by atoms with Gasteiger partial charge in [0, 0.05) is 0 Å². The molecule has 0 amide bonds. The van der Waals surface area contributed by atoms with Gasteiger partial charge in [-0.05, 0) is 70.8 Å². The Labute approximate surface area is 120 Å². The van der Waals surface area contributed by atoms with Gasteiger partial charge in [-0.3, -0.25) is 0 Å². The smallest absolute Gasteiger partial charge is 0.398 e. The van der Waals surface area contributed by atoms with Crippen molar-refractivity contribution >= 4 is 7.12 Å². The monoisotopic (exact) mass is 284 g/mol. The van der Waals surface area contributed by atoms with E-state index in [0.29, 0.717) is 12.8 Å². The normalized spacial score (nSPS) is 41.1. The maximum absolute atomic E-state index is 14.8. The van der Waals surface area contributed by atoms with Crippen molar-refractivity contribution in [3.8, 4) is 0 Å². The molecule has 2 nitrogen and oxygen atoms in total. The number of hydrogen-bond donors (Lipinski definition) is 0. The van der Waals surface area contributed by atoms with E-state index in [1.54, 1.807) is 0 Å². The van der Waals surface area contributed by atoms with Crippen LogP contribution in [0.2, 0.25) is 0 Å². The van der Waals surface area contributed by atoms with E-state index in [2.05, 4.69) is 0 Å². The second-order valence-corrected chi connectivity index (χ2v) is 7.36. The van der Waals surface area contributed by atoms with Crippen LogP contribution in [0.4, 0.5) is 8.78 Å².